The summed E-state index contributed by atoms with van der Waals surface area (Å²) in [6.07, 6.45) is 3.23. The summed E-state index contributed by atoms with van der Waals surface area (Å²) in [7, 11) is 0. The van der Waals surface area contributed by atoms with E-state index in [0.717, 1.165) is 25.9 Å². The first kappa shape index (κ1) is 16.4. The molecule has 112 valence electrons. The van der Waals surface area contributed by atoms with Crippen molar-refractivity contribution in [2.24, 2.45) is 17.1 Å². The van der Waals surface area contributed by atoms with Crippen LogP contribution in [-0.4, -0.2) is 30.7 Å². The molecule has 0 bridgehead atoms. The second-order valence-electron chi connectivity index (χ2n) is 5.95. The van der Waals surface area contributed by atoms with Crippen molar-refractivity contribution < 1.29 is 9.53 Å². The molecule has 1 aliphatic carbocycles. The Morgan fingerprint density at radius 3 is 2.37 bits per heavy atom. The van der Waals surface area contributed by atoms with Gasteiger partial charge in [0.15, 0.2) is 0 Å². The van der Waals surface area contributed by atoms with Crippen LogP contribution < -0.4 is 11.1 Å². The smallest absolute Gasteiger partial charge is 0.237 e. The van der Waals surface area contributed by atoms with Crippen molar-refractivity contribution in [2.45, 2.75) is 72.1 Å². The Bertz CT molecular complexity index is 301. The van der Waals surface area contributed by atoms with E-state index in [4.69, 9.17) is 10.5 Å². The van der Waals surface area contributed by atoms with Crippen LogP contribution in [0.1, 0.15) is 53.9 Å². The van der Waals surface area contributed by atoms with Gasteiger partial charge in [-0.2, -0.15) is 0 Å². The minimum absolute atomic E-state index is 0.0266. The molecule has 1 fully saturated rings. The third kappa shape index (κ3) is 3.11. The average molecular weight is 270 g/mol. The van der Waals surface area contributed by atoms with E-state index in [0.29, 0.717) is 0 Å². The molecule has 4 nitrogen and oxygen atoms in total. The van der Waals surface area contributed by atoms with Gasteiger partial charge in [-0.25, -0.2) is 0 Å². The lowest BCUT2D eigenvalue weighted by molar-refractivity contribution is -0.149. The Morgan fingerprint density at radius 2 is 1.95 bits per heavy atom. The van der Waals surface area contributed by atoms with E-state index in [1.165, 1.54) is 0 Å². The Labute approximate surface area is 117 Å². The summed E-state index contributed by atoms with van der Waals surface area (Å²) < 4.78 is 5.81. The van der Waals surface area contributed by atoms with E-state index >= 15 is 0 Å². The number of amides is 1. The highest BCUT2D eigenvalue weighted by Gasteiger charge is 2.54. The number of carbonyl (C=O) groups excluding carboxylic acids is 1. The standard InChI is InChI=1S/C15H30N2O2/c1-6-15(7-2)11(9-12(15)19-8-3)17-14(18)13(16)10(4)5/h10-13H,6-9,16H2,1-5H3,(H,17,18)/t11?,12?,13-/m0/s1. The first-order valence-corrected chi connectivity index (χ1v) is 7.60. The van der Waals surface area contributed by atoms with E-state index in [9.17, 15) is 4.79 Å². The third-order valence-electron chi connectivity index (χ3n) is 4.81. The van der Waals surface area contributed by atoms with E-state index in [-0.39, 0.29) is 29.4 Å². The van der Waals surface area contributed by atoms with Crippen LogP contribution in [0.4, 0.5) is 0 Å². The van der Waals surface area contributed by atoms with Crippen LogP contribution in [0, 0.1) is 11.3 Å². The van der Waals surface area contributed by atoms with Gasteiger partial charge in [0, 0.05) is 18.1 Å². The lowest BCUT2D eigenvalue weighted by Crippen LogP contribution is -2.66. The van der Waals surface area contributed by atoms with Crippen LogP contribution in [-0.2, 0) is 9.53 Å². The van der Waals surface area contributed by atoms with Crippen molar-refractivity contribution >= 4 is 5.91 Å². The van der Waals surface area contributed by atoms with Gasteiger partial charge >= 0.3 is 0 Å². The number of hydrogen-bond donors (Lipinski definition) is 2. The molecule has 4 heteroatoms. The molecule has 0 aromatic carbocycles. The van der Waals surface area contributed by atoms with Gasteiger partial charge in [0.2, 0.25) is 5.91 Å². The number of carbonyl (C=O) groups is 1. The molecule has 0 spiro atoms. The largest absolute Gasteiger partial charge is 0.378 e. The van der Waals surface area contributed by atoms with E-state index in [1.54, 1.807) is 0 Å². The van der Waals surface area contributed by atoms with Crippen molar-refractivity contribution in [1.82, 2.24) is 5.32 Å². The average Bonchev–Trinajstić information content (AvgIpc) is 2.37. The molecule has 0 heterocycles. The summed E-state index contributed by atoms with van der Waals surface area (Å²) in [5.41, 5.74) is 5.99. The second kappa shape index (κ2) is 6.71. The first-order valence-electron chi connectivity index (χ1n) is 7.60. The topological polar surface area (TPSA) is 64.3 Å². The lowest BCUT2D eigenvalue weighted by Gasteiger charge is -2.55. The van der Waals surface area contributed by atoms with Gasteiger partial charge in [0.05, 0.1) is 12.1 Å². The number of nitrogens with two attached hydrogens (primary N) is 1. The van der Waals surface area contributed by atoms with Crippen molar-refractivity contribution in [3.05, 3.63) is 0 Å². The number of nitrogens with one attached hydrogen (secondary N) is 1. The van der Waals surface area contributed by atoms with Crippen molar-refractivity contribution in [2.75, 3.05) is 6.61 Å². The monoisotopic (exact) mass is 270 g/mol. The van der Waals surface area contributed by atoms with Gasteiger partial charge in [0.1, 0.15) is 0 Å². The molecule has 0 aliphatic heterocycles. The molecular formula is C15H30N2O2. The summed E-state index contributed by atoms with van der Waals surface area (Å²) in [6.45, 7) is 11.1. The van der Waals surface area contributed by atoms with Gasteiger partial charge in [0.25, 0.3) is 0 Å². The predicted molar refractivity (Wildman–Crippen MR) is 77.8 cm³/mol. The van der Waals surface area contributed by atoms with E-state index < -0.39 is 6.04 Å². The maximum atomic E-state index is 12.1. The van der Waals surface area contributed by atoms with E-state index in [2.05, 4.69) is 19.2 Å². The highest BCUT2D eigenvalue weighted by Crippen LogP contribution is 2.48. The molecule has 1 rings (SSSR count). The zero-order valence-corrected chi connectivity index (χ0v) is 13.0. The fourth-order valence-electron chi connectivity index (χ4n) is 3.15. The van der Waals surface area contributed by atoms with Gasteiger partial charge < -0.3 is 15.8 Å². The minimum Gasteiger partial charge on any atom is -0.378 e. The highest BCUT2D eigenvalue weighted by molar-refractivity contribution is 5.82. The third-order valence-corrected chi connectivity index (χ3v) is 4.81. The summed E-state index contributed by atoms with van der Waals surface area (Å²) >= 11 is 0. The molecule has 2 unspecified atom stereocenters. The number of rotatable bonds is 7. The summed E-state index contributed by atoms with van der Waals surface area (Å²) in [5, 5.41) is 3.13. The fraction of sp³-hybridized carbons (Fsp3) is 0.933. The molecule has 1 aliphatic rings. The molecule has 1 amide bonds. The van der Waals surface area contributed by atoms with Crippen molar-refractivity contribution in [3.8, 4) is 0 Å². The zero-order chi connectivity index (χ0) is 14.6. The first-order chi connectivity index (χ1) is 8.92. The quantitative estimate of drug-likeness (QED) is 0.744. The van der Waals surface area contributed by atoms with Crippen LogP contribution in [0.2, 0.25) is 0 Å². The van der Waals surface area contributed by atoms with Crippen molar-refractivity contribution in [1.29, 1.82) is 0 Å². The van der Waals surface area contributed by atoms with Crippen LogP contribution >= 0.6 is 0 Å². The van der Waals surface area contributed by atoms with Crippen LogP contribution in [0.25, 0.3) is 0 Å². The van der Waals surface area contributed by atoms with Crippen LogP contribution in [0.3, 0.4) is 0 Å². The SMILES string of the molecule is CCOC1CC(NC(=O)[C@@H](N)C(C)C)C1(CC)CC. The van der Waals surface area contributed by atoms with Gasteiger partial charge in [-0.3, -0.25) is 4.79 Å². The van der Waals surface area contributed by atoms with Gasteiger partial charge in [-0.05, 0) is 32.1 Å². The molecule has 0 aromatic rings. The highest BCUT2D eigenvalue weighted by atomic mass is 16.5. The number of ether oxygens (including phenoxy) is 1. The minimum atomic E-state index is -0.419. The maximum absolute atomic E-state index is 12.1. The van der Waals surface area contributed by atoms with Crippen LogP contribution in [0.15, 0.2) is 0 Å². The molecule has 0 radical (unpaired) electrons. The van der Waals surface area contributed by atoms with Gasteiger partial charge in [-0.15, -0.1) is 0 Å². The Balaban J connectivity index is 2.67. The maximum Gasteiger partial charge on any atom is 0.237 e. The molecule has 0 saturated heterocycles. The number of hydrogen-bond acceptors (Lipinski definition) is 3. The summed E-state index contributed by atoms with van der Waals surface area (Å²) in [6, 6.07) is -0.214. The van der Waals surface area contributed by atoms with E-state index in [1.807, 2.05) is 20.8 Å². The second-order valence-corrected chi connectivity index (χ2v) is 5.95. The molecular weight excluding hydrogens is 240 g/mol. The molecule has 19 heavy (non-hydrogen) atoms. The predicted octanol–water partition coefficient (Wildman–Crippen LogP) is 2.07. The van der Waals surface area contributed by atoms with Crippen LogP contribution in [0.5, 0.6) is 0 Å². The molecule has 1 saturated carbocycles. The molecule has 0 aromatic heterocycles. The normalized spacial score (nSPS) is 26.9. The zero-order valence-electron chi connectivity index (χ0n) is 13.0. The Hall–Kier alpha value is -0.610. The molecule has 3 atom stereocenters. The van der Waals surface area contributed by atoms with Gasteiger partial charge in [-0.1, -0.05) is 27.7 Å². The summed E-state index contributed by atoms with van der Waals surface area (Å²) in [4.78, 5) is 12.1. The summed E-state index contributed by atoms with van der Waals surface area (Å²) in [5.74, 6) is 0.140. The Morgan fingerprint density at radius 1 is 1.37 bits per heavy atom. The van der Waals surface area contributed by atoms with Crippen molar-refractivity contribution in [3.63, 3.8) is 0 Å². The fourth-order valence-corrected chi connectivity index (χ4v) is 3.15. The Kier molecular flexibility index (Phi) is 5.81. The molecule has 3 N–H and O–H groups in total. The lowest BCUT2D eigenvalue weighted by atomic mass is 9.58.